The number of benzene rings is 2. The molecule has 2 amide bonds. The lowest BCUT2D eigenvalue weighted by molar-refractivity contribution is -0.128. The Kier molecular flexibility index (Phi) is 6.86. The molecule has 1 N–H and O–H groups in total. The number of nitrogens with zero attached hydrogens (tertiary/aromatic N) is 2. The van der Waals surface area contributed by atoms with Crippen LogP contribution in [0.2, 0.25) is 0 Å². The van der Waals surface area contributed by atoms with Crippen LogP contribution in [0.15, 0.2) is 59.5 Å². The number of anilines is 1. The third kappa shape index (κ3) is 5.12. The van der Waals surface area contributed by atoms with Crippen molar-refractivity contribution in [2.75, 3.05) is 11.9 Å². The first-order chi connectivity index (χ1) is 15.8. The van der Waals surface area contributed by atoms with Gasteiger partial charge in [-0.15, -0.1) is 0 Å². The molecule has 2 saturated heterocycles. The summed E-state index contributed by atoms with van der Waals surface area (Å²) in [6.45, 7) is 4.76. The zero-order valence-corrected chi connectivity index (χ0v) is 19.9. The summed E-state index contributed by atoms with van der Waals surface area (Å²) < 4.78 is 27.9. The summed E-state index contributed by atoms with van der Waals surface area (Å²) in [5, 5.41) is 2.84. The molecule has 2 aliphatic rings. The summed E-state index contributed by atoms with van der Waals surface area (Å²) in [7, 11) is -3.60. The maximum absolute atomic E-state index is 13.2. The second-order valence-electron chi connectivity index (χ2n) is 9.14. The second-order valence-corrected chi connectivity index (χ2v) is 11.0. The van der Waals surface area contributed by atoms with Crippen molar-refractivity contribution < 1.29 is 18.0 Å². The molecule has 0 spiro atoms. The molecule has 2 aromatic rings. The molecule has 0 aromatic heterocycles. The highest BCUT2D eigenvalue weighted by atomic mass is 32.2. The Hall–Kier alpha value is -2.71. The number of amides is 2. The third-order valence-corrected chi connectivity index (χ3v) is 8.75. The normalized spacial score (nSPS) is 24.1. The molecular weight excluding hydrogens is 438 g/mol. The van der Waals surface area contributed by atoms with Crippen LogP contribution in [-0.4, -0.2) is 48.1 Å². The molecule has 4 rings (SSSR count). The highest BCUT2D eigenvalue weighted by Crippen LogP contribution is 2.30. The Morgan fingerprint density at radius 3 is 2.27 bits per heavy atom. The van der Waals surface area contributed by atoms with Crippen molar-refractivity contribution in [3.63, 3.8) is 0 Å². The SMILES string of the molecule is CC1CCCC(C)N1S(=O)(=O)c1ccc(NC(=O)C2CC(=O)N(Cc3ccccc3)C2)cc1. The number of likely N-dealkylation sites (tertiary alicyclic amines) is 1. The standard InChI is InChI=1S/C25H31N3O4S/c1-18-7-6-8-19(2)28(18)33(31,32)23-13-11-22(12-14-23)26-25(30)21-15-24(29)27(17-21)16-20-9-4-3-5-10-20/h3-5,9-14,18-19,21H,6-8,15-17H2,1-2H3,(H,26,30). The lowest BCUT2D eigenvalue weighted by Crippen LogP contribution is -2.47. The average Bonchev–Trinajstić information content (AvgIpc) is 3.15. The van der Waals surface area contributed by atoms with Crippen LogP contribution < -0.4 is 5.32 Å². The summed E-state index contributed by atoms with van der Waals surface area (Å²) in [5.41, 5.74) is 1.55. The van der Waals surface area contributed by atoms with E-state index in [4.69, 9.17) is 0 Å². The number of carbonyl (C=O) groups excluding carboxylic acids is 2. The van der Waals surface area contributed by atoms with Gasteiger partial charge in [0.15, 0.2) is 0 Å². The number of hydrogen-bond acceptors (Lipinski definition) is 4. The minimum absolute atomic E-state index is 0.0307. The van der Waals surface area contributed by atoms with Gasteiger partial charge >= 0.3 is 0 Å². The monoisotopic (exact) mass is 469 g/mol. The summed E-state index contributed by atoms with van der Waals surface area (Å²) in [6, 6.07) is 16.0. The largest absolute Gasteiger partial charge is 0.338 e. The maximum Gasteiger partial charge on any atom is 0.243 e. The molecule has 2 aromatic carbocycles. The highest BCUT2D eigenvalue weighted by molar-refractivity contribution is 7.89. The fraction of sp³-hybridized carbons (Fsp3) is 0.440. The number of piperidine rings is 1. The van der Waals surface area contributed by atoms with E-state index in [1.54, 1.807) is 33.5 Å². The maximum atomic E-state index is 13.2. The number of hydrogen-bond donors (Lipinski definition) is 1. The average molecular weight is 470 g/mol. The van der Waals surface area contributed by atoms with E-state index in [1.165, 1.54) is 0 Å². The molecule has 176 valence electrons. The van der Waals surface area contributed by atoms with Crippen LogP contribution in [0.1, 0.15) is 45.1 Å². The molecule has 3 atom stereocenters. The summed E-state index contributed by atoms with van der Waals surface area (Å²) >= 11 is 0. The van der Waals surface area contributed by atoms with E-state index in [0.717, 1.165) is 24.8 Å². The molecule has 0 radical (unpaired) electrons. The van der Waals surface area contributed by atoms with Crippen molar-refractivity contribution in [3.8, 4) is 0 Å². The van der Waals surface area contributed by atoms with Crippen LogP contribution in [0.3, 0.4) is 0 Å². The first-order valence-corrected chi connectivity index (χ1v) is 13.0. The second kappa shape index (κ2) is 9.65. The van der Waals surface area contributed by atoms with E-state index >= 15 is 0 Å². The van der Waals surface area contributed by atoms with Crippen LogP contribution >= 0.6 is 0 Å². The minimum atomic E-state index is -3.60. The molecule has 0 aliphatic carbocycles. The molecule has 7 nitrogen and oxygen atoms in total. The predicted octanol–water partition coefficient (Wildman–Crippen LogP) is 3.63. The zero-order chi connectivity index (χ0) is 23.6. The van der Waals surface area contributed by atoms with Crippen molar-refractivity contribution in [3.05, 3.63) is 60.2 Å². The molecule has 33 heavy (non-hydrogen) atoms. The fourth-order valence-electron chi connectivity index (χ4n) is 4.85. The van der Waals surface area contributed by atoms with Crippen LogP contribution in [0.25, 0.3) is 0 Å². The van der Waals surface area contributed by atoms with Gasteiger partial charge in [-0.2, -0.15) is 4.31 Å². The van der Waals surface area contributed by atoms with Crippen LogP contribution in [0.5, 0.6) is 0 Å². The lowest BCUT2D eigenvalue weighted by Gasteiger charge is -2.37. The number of carbonyl (C=O) groups is 2. The van der Waals surface area contributed by atoms with E-state index < -0.39 is 15.9 Å². The summed E-state index contributed by atoms with van der Waals surface area (Å²) in [4.78, 5) is 27.1. The Labute approximate surface area is 195 Å². The predicted molar refractivity (Wildman–Crippen MR) is 127 cm³/mol. The van der Waals surface area contributed by atoms with E-state index in [9.17, 15) is 18.0 Å². The molecule has 3 unspecified atom stereocenters. The number of rotatable bonds is 6. The Balaban J connectivity index is 1.39. The van der Waals surface area contributed by atoms with Crippen LogP contribution in [0.4, 0.5) is 5.69 Å². The summed E-state index contributed by atoms with van der Waals surface area (Å²) in [6.07, 6.45) is 2.93. The molecule has 2 heterocycles. The molecule has 0 bridgehead atoms. The molecular formula is C25H31N3O4S. The Morgan fingerprint density at radius 2 is 1.64 bits per heavy atom. The third-order valence-electron chi connectivity index (χ3n) is 6.61. The zero-order valence-electron chi connectivity index (χ0n) is 19.1. The number of nitrogens with one attached hydrogen (secondary N) is 1. The highest BCUT2D eigenvalue weighted by Gasteiger charge is 2.36. The smallest absolute Gasteiger partial charge is 0.243 e. The van der Waals surface area contributed by atoms with Gasteiger partial charge in [0.05, 0.1) is 10.8 Å². The van der Waals surface area contributed by atoms with E-state index in [0.29, 0.717) is 18.8 Å². The van der Waals surface area contributed by atoms with E-state index in [-0.39, 0.29) is 35.2 Å². The fourth-order valence-corrected chi connectivity index (χ4v) is 6.73. The molecule has 8 heteroatoms. The van der Waals surface area contributed by atoms with Crippen molar-refractivity contribution in [2.45, 2.75) is 63.1 Å². The molecule has 2 fully saturated rings. The van der Waals surface area contributed by atoms with Gasteiger partial charge in [-0.25, -0.2) is 8.42 Å². The topological polar surface area (TPSA) is 86.8 Å². The van der Waals surface area contributed by atoms with Gasteiger partial charge in [0.1, 0.15) is 0 Å². The minimum Gasteiger partial charge on any atom is -0.338 e. The van der Waals surface area contributed by atoms with Gasteiger partial charge in [0, 0.05) is 37.3 Å². The Morgan fingerprint density at radius 1 is 1.00 bits per heavy atom. The summed E-state index contributed by atoms with van der Waals surface area (Å²) in [5.74, 6) is -0.697. The van der Waals surface area contributed by atoms with Crippen molar-refractivity contribution >= 4 is 27.5 Å². The Bertz CT molecular complexity index is 1090. The molecule has 2 aliphatic heterocycles. The van der Waals surface area contributed by atoms with Crippen molar-refractivity contribution in [1.29, 1.82) is 0 Å². The number of sulfonamides is 1. The van der Waals surface area contributed by atoms with Crippen molar-refractivity contribution in [2.24, 2.45) is 5.92 Å². The van der Waals surface area contributed by atoms with Crippen LogP contribution in [-0.2, 0) is 26.2 Å². The first kappa shape index (κ1) is 23.4. The quantitative estimate of drug-likeness (QED) is 0.700. The van der Waals surface area contributed by atoms with Gasteiger partial charge < -0.3 is 10.2 Å². The van der Waals surface area contributed by atoms with E-state index in [1.807, 2.05) is 44.2 Å². The van der Waals surface area contributed by atoms with Gasteiger partial charge in [-0.05, 0) is 56.5 Å². The van der Waals surface area contributed by atoms with Gasteiger partial charge in [-0.1, -0.05) is 36.8 Å². The van der Waals surface area contributed by atoms with Gasteiger partial charge in [-0.3, -0.25) is 9.59 Å². The molecule has 0 saturated carbocycles. The van der Waals surface area contributed by atoms with Crippen molar-refractivity contribution in [1.82, 2.24) is 9.21 Å². The first-order valence-electron chi connectivity index (χ1n) is 11.5. The van der Waals surface area contributed by atoms with E-state index in [2.05, 4.69) is 5.32 Å². The van der Waals surface area contributed by atoms with Gasteiger partial charge in [0.2, 0.25) is 21.8 Å². The lowest BCUT2D eigenvalue weighted by atomic mass is 10.0. The van der Waals surface area contributed by atoms with Crippen LogP contribution in [0, 0.1) is 5.92 Å². The van der Waals surface area contributed by atoms with Gasteiger partial charge in [0.25, 0.3) is 0 Å².